The molecule has 0 saturated heterocycles. The molecule has 1 fully saturated rings. The molecule has 0 aliphatic heterocycles. The summed E-state index contributed by atoms with van der Waals surface area (Å²) in [5, 5.41) is -0.719. The smallest absolute Gasteiger partial charge is 0.310 e. The van der Waals surface area contributed by atoms with Crippen LogP contribution in [0.15, 0.2) is 10.6 Å². The van der Waals surface area contributed by atoms with Crippen LogP contribution in [0.3, 0.4) is 0 Å². The zero-order chi connectivity index (χ0) is 18.4. The second-order valence-corrected chi connectivity index (χ2v) is 8.01. The number of carbonyl (C=O) groups excluding carboxylic acids is 1. The molecule has 132 valence electrons. The molecule has 0 bridgehead atoms. The second-order valence-electron chi connectivity index (χ2n) is 6.25. The molecule has 0 spiro atoms. The maximum atomic E-state index is 13.8. The molecular weight excluding hydrogens is 404 g/mol. The lowest BCUT2D eigenvalue weighted by Crippen LogP contribution is -2.12. The minimum absolute atomic E-state index is 0.0668. The van der Waals surface area contributed by atoms with Crippen molar-refractivity contribution < 1.29 is 18.3 Å². The van der Waals surface area contributed by atoms with Crippen LogP contribution in [0.2, 0.25) is 10.0 Å². The van der Waals surface area contributed by atoms with Gasteiger partial charge in [-0.05, 0) is 24.3 Å². The number of hydrogen-bond donors (Lipinski definition) is 0. The second kappa shape index (κ2) is 6.99. The lowest BCUT2D eigenvalue weighted by molar-refractivity contribution is -0.147. The Balaban J connectivity index is 2.16. The maximum absolute atomic E-state index is 13.8. The number of hydrogen-bond acceptors (Lipinski definition) is 2. The minimum atomic E-state index is -0.925. The van der Waals surface area contributed by atoms with E-state index in [0.717, 1.165) is 0 Å². The summed E-state index contributed by atoms with van der Waals surface area (Å²) < 4.78 is 32.9. The Kier molecular flexibility index (Phi) is 5.76. The summed E-state index contributed by atoms with van der Waals surface area (Å²) >= 11 is 23.0. The van der Waals surface area contributed by atoms with Crippen molar-refractivity contribution in [2.24, 2.45) is 17.3 Å². The Hall–Kier alpha value is -0.550. The molecule has 1 aliphatic carbocycles. The predicted molar refractivity (Wildman–Crippen MR) is 91.5 cm³/mol. The van der Waals surface area contributed by atoms with E-state index in [1.807, 2.05) is 13.8 Å². The molecule has 1 saturated carbocycles. The number of carbonyl (C=O) groups is 1. The van der Waals surface area contributed by atoms with E-state index in [-0.39, 0.29) is 37.0 Å². The molecule has 2 atom stereocenters. The summed E-state index contributed by atoms with van der Waals surface area (Å²) in [4.78, 5) is 12.2. The largest absolute Gasteiger partial charge is 0.460 e. The van der Waals surface area contributed by atoms with E-state index in [2.05, 4.69) is 0 Å². The average molecular weight is 418 g/mol. The fourth-order valence-electron chi connectivity index (χ4n) is 2.72. The van der Waals surface area contributed by atoms with E-state index >= 15 is 0 Å². The van der Waals surface area contributed by atoms with E-state index < -0.39 is 30.1 Å². The highest BCUT2D eigenvalue weighted by atomic mass is 35.5. The summed E-state index contributed by atoms with van der Waals surface area (Å²) in [6, 6.07) is 0. The van der Waals surface area contributed by atoms with Crippen molar-refractivity contribution in [3.63, 3.8) is 0 Å². The van der Waals surface area contributed by atoms with Crippen molar-refractivity contribution in [1.29, 1.82) is 0 Å². The van der Waals surface area contributed by atoms with E-state index in [4.69, 9.17) is 51.1 Å². The summed E-state index contributed by atoms with van der Waals surface area (Å²) in [5.74, 6) is -3.02. The fraction of sp³-hybridized carbons (Fsp3) is 0.438. The molecule has 1 aliphatic rings. The van der Waals surface area contributed by atoms with Gasteiger partial charge in [0.1, 0.15) is 22.7 Å². The van der Waals surface area contributed by atoms with Gasteiger partial charge in [0.05, 0.1) is 16.0 Å². The normalized spacial score (nSPS) is 21.4. The van der Waals surface area contributed by atoms with Gasteiger partial charge in [0.15, 0.2) is 0 Å². The van der Waals surface area contributed by atoms with Crippen LogP contribution < -0.4 is 0 Å². The Morgan fingerprint density at radius 2 is 1.71 bits per heavy atom. The van der Waals surface area contributed by atoms with Gasteiger partial charge in [-0.3, -0.25) is 4.79 Å². The standard InChI is InChI=1S/C16H14Cl4F2O2/c1-6-13(21)11(19)7(12(20)14(6)22)5-24-15(23)10-8(4-9(17)18)16(10,2)3/h4,8,10H,5H2,1-3H3/t8-,10+/m1/s1. The number of ether oxygens (including phenoxy) is 1. The lowest BCUT2D eigenvalue weighted by Gasteiger charge is -2.12. The molecular formula is C16H14Cl4F2O2. The molecule has 8 heteroatoms. The number of rotatable bonds is 4. The Morgan fingerprint density at radius 3 is 2.17 bits per heavy atom. The van der Waals surface area contributed by atoms with E-state index in [0.29, 0.717) is 0 Å². The monoisotopic (exact) mass is 416 g/mol. The highest BCUT2D eigenvalue weighted by Gasteiger charge is 2.61. The zero-order valence-electron chi connectivity index (χ0n) is 13.0. The number of esters is 1. The predicted octanol–water partition coefficient (Wildman–Crippen LogP) is 6.21. The minimum Gasteiger partial charge on any atom is -0.460 e. The maximum Gasteiger partial charge on any atom is 0.310 e. The van der Waals surface area contributed by atoms with Crippen LogP contribution in [-0.4, -0.2) is 5.97 Å². The van der Waals surface area contributed by atoms with Gasteiger partial charge in [0.2, 0.25) is 0 Å². The van der Waals surface area contributed by atoms with Crippen LogP contribution in [0.25, 0.3) is 0 Å². The molecule has 0 radical (unpaired) electrons. The SMILES string of the molecule is Cc1c(F)c(Cl)c(COC(=O)[C@@H]2[C@@H](C=C(Cl)Cl)C2(C)C)c(Cl)c1F. The third-order valence-corrected chi connectivity index (χ3v) is 5.44. The van der Waals surface area contributed by atoms with Crippen LogP contribution in [0.1, 0.15) is 25.0 Å². The summed E-state index contributed by atoms with van der Waals surface area (Å²) in [6.07, 6.45) is 1.57. The molecule has 2 rings (SSSR count). The van der Waals surface area contributed by atoms with Gasteiger partial charge in [-0.1, -0.05) is 60.3 Å². The first kappa shape index (κ1) is 19.8. The third-order valence-electron chi connectivity index (χ3n) is 4.40. The Bertz CT molecular complexity index is 698. The number of benzene rings is 1. The zero-order valence-corrected chi connectivity index (χ0v) is 16.0. The molecule has 0 heterocycles. The van der Waals surface area contributed by atoms with Crippen LogP contribution in [0.4, 0.5) is 8.78 Å². The van der Waals surface area contributed by atoms with Gasteiger partial charge in [0, 0.05) is 11.1 Å². The molecule has 2 nitrogen and oxygen atoms in total. The van der Waals surface area contributed by atoms with Crippen LogP contribution in [-0.2, 0) is 16.1 Å². The third kappa shape index (κ3) is 3.52. The molecule has 24 heavy (non-hydrogen) atoms. The molecule has 0 N–H and O–H groups in total. The van der Waals surface area contributed by atoms with E-state index in [1.54, 1.807) is 6.08 Å². The first-order chi connectivity index (χ1) is 11.0. The van der Waals surface area contributed by atoms with Crippen molar-refractivity contribution in [3.8, 4) is 0 Å². The molecule has 1 aromatic carbocycles. The van der Waals surface area contributed by atoms with Crippen LogP contribution in [0.5, 0.6) is 0 Å². The topological polar surface area (TPSA) is 26.3 Å². The first-order valence-corrected chi connectivity index (χ1v) is 8.52. The van der Waals surface area contributed by atoms with Gasteiger partial charge in [0.25, 0.3) is 0 Å². The van der Waals surface area contributed by atoms with E-state index in [9.17, 15) is 13.6 Å². The quantitative estimate of drug-likeness (QED) is 0.429. The van der Waals surface area contributed by atoms with Crippen molar-refractivity contribution in [1.82, 2.24) is 0 Å². The molecule has 0 amide bonds. The van der Waals surface area contributed by atoms with Gasteiger partial charge in [-0.25, -0.2) is 8.78 Å². The summed E-state index contributed by atoms with van der Waals surface area (Å²) in [5.41, 5.74) is -0.762. The van der Waals surface area contributed by atoms with Crippen LogP contribution in [0, 0.1) is 35.8 Å². The molecule has 1 aromatic rings. The van der Waals surface area contributed by atoms with Crippen molar-refractivity contribution in [2.45, 2.75) is 27.4 Å². The Morgan fingerprint density at radius 1 is 1.21 bits per heavy atom. The van der Waals surface area contributed by atoms with Gasteiger partial charge >= 0.3 is 5.97 Å². The van der Waals surface area contributed by atoms with Gasteiger partial charge in [-0.15, -0.1) is 0 Å². The van der Waals surface area contributed by atoms with Gasteiger partial charge in [-0.2, -0.15) is 0 Å². The highest BCUT2D eigenvalue weighted by Crippen LogP contribution is 2.60. The molecule has 0 aromatic heterocycles. The van der Waals surface area contributed by atoms with Crippen LogP contribution >= 0.6 is 46.4 Å². The van der Waals surface area contributed by atoms with E-state index in [1.165, 1.54) is 6.92 Å². The fourth-order valence-corrected chi connectivity index (χ4v) is 3.62. The van der Waals surface area contributed by atoms with Gasteiger partial charge < -0.3 is 4.74 Å². The summed E-state index contributed by atoms with van der Waals surface area (Å²) in [7, 11) is 0. The van der Waals surface area contributed by atoms with Crippen molar-refractivity contribution >= 4 is 52.4 Å². The highest BCUT2D eigenvalue weighted by molar-refractivity contribution is 6.55. The van der Waals surface area contributed by atoms with Crippen molar-refractivity contribution in [3.05, 3.63) is 43.4 Å². The summed E-state index contributed by atoms with van der Waals surface area (Å²) in [6.45, 7) is 4.52. The average Bonchev–Trinajstić information content (AvgIpc) is 3.02. The van der Waals surface area contributed by atoms with Crippen molar-refractivity contribution in [2.75, 3.05) is 0 Å². The number of halogens is 6. The lowest BCUT2D eigenvalue weighted by atomic mass is 10.1. The number of allylic oxidation sites excluding steroid dienone is 1. The Labute approximate surface area is 158 Å². The first-order valence-electron chi connectivity index (χ1n) is 7.01. The molecule has 0 unspecified atom stereocenters.